The van der Waals surface area contributed by atoms with Crippen molar-refractivity contribution in [1.82, 2.24) is 15.0 Å². The zero-order valence-corrected chi connectivity index (χ0v) is 15.9. The van der Waals surface area contributed by atoms with Gasteiger partial charge in [0, 0.05) is 42.6 Å². The molecule has 5 rings (SSSR count). The highest BCUT2D eigenvalue weighted by atomic mass is 16.7. The normalized spacial score (nSPS) is 18.3. The highest BCUT2D eigenvalue weighted by molar-refractivity contribution is 5.94. The number of ether oxygens (including phenoxy) is 2. The molecule has 2 fully saturated rings. The minimum atomic E-state index is -0.477. The summed E-state index contributed by atoms with van der Waals surface area (Å²) in [5.41, 5.74) is 2.31. The fraction of sp³-hybridized carbons (Fsp3) is 0.318. The summed E-state index contributed by atoms with van der Waals surface area (Å²) in [5.74, 6) is 0.507. The van der Waals surface area contributed by atoms with E-state index in [1.54, 1.807) is 12.1 Å². The Labute approximate surface area is 168 Å². The lowest BCUT2D eigenvalue weighted by Crippen LogP contribution is -2.47. The van der Waals surface area contributed by atoms with Crippen molar-refractivity contribution in [3.05, 3.63) is 60.2 Å². The number of carbonyl (C=O) groups is 1. The van der Waals surface area contributed by atoms with E-state index in [2.05, 4.69) is 10.1 Å². The number of hydrogen-bond donors (Lipinski definition) is 0. The average Bonchev–Trinajstić information content (AvgIpc) is 3.45. The summed E-state index contributed by atoms with van der Waals surface area (Å²) < 4.78 is 16.9. The highest BCUT2D eigenvalue weighted by Crippen LogP contribution is 2.32. The van der Waals surface area contributed by atoms with Crippen molar-refractivity contribution in [1.29, 1.82) is 0 Å². The quantitative estimate of drug-likeness (QED) is 0.681. The van der Waals surface area contributed by atoms with Crippen LogP contribution in [0.1, 0.15) is 23.2 Å². The topological polar surface area (TPSA) is 77.7 Å². The Hall–Kier alpha value is -3.03. The van der Waals surface area contributed by atoms with E-state index in [1.165, 1.54) is 0 Å². The monoisotopic (exact) mass is 391 g/mol. The Morgan fingerprint density at radius 2 is 1.59 bits per heavy atom. The van der Waals surface area contributed by atoms with Crippen molar-refractivity contribution in [3.63, 3.8) is 0 Å². The second kappa shape index (κ2) is 7.42. The van der Waals surface area contributed by atoms with Gasteiger partial charge in [-0.1, -0.05) is 35.5 Å². The molecule has 1 aromatic heterocycles. The number of rotatable bonds is 3. The Morgan fingerprint density at radius 3 is 2.28 bits per heavy atom. The number of benzene rings is 2. The lowest BCUT2D eigenvalue weighted by Gasteiger charge is -2.37. The average molecular weight is 391 g/mol. The van der Waals surface area contributed by atoms with E-state index in [9.17, 15) is 4.79 Å². The van der Waals surface area contributed by atoms with Crippen molar-refractivity contribution >= 4 is 5.91 Å². The first-order valence-corrected chi connectivity index (χ1v) is 9.79. The largest absolute Gasteiger partial charge is 0.347 e. The molecule has 2 aliphatic rings. The number of nitrogens with zero attached hydrogens (tertiary/aromatic N) is 3. The van der Waals surface area contributed by atoms with Crippen molar-refractivity contribution in [3.8, 4) is 22.8 Å². The third kappa shape index (κ3) is 3.54. The maximum atomic E-state index is 12.8. The molecule has 1 amide bonds. The number of hydrogen-bond acceptors (Lipinski definition) is 6. The number of carbonyl (C=O) groups excluding carboxylic acids is 1. The van der Waals surface area contributed by atoms with Crippen LogP contribution in [0.15, 0.2) is 59.1 Å². The van der Waals surface area contributed by atoms with Gasteiger partial charge >= 0.3 is 0 Å². The fourth-order valence-corrected chi connectivity index (χ4v) is 3.82. The Balaban J connectivity index is 1.27. The van der Waals surface area contributed by atoms with Gasteiger partial charge in [0.2, 0.25) is 5.82 Å². The van der Waals surface area contributed by atoms with E-state index in [0.717, 1.165) is 11.1 Å². The van der Waals surface area contributed by atoms with Crippen LogP contribution in [0.25, 0.3) is 22.8 Å². The molecule has 0 saturated carbocycles. The lowest BCUT2D eigenvalue weighted by molar-refractivity contribution is -0.181. The van der Waals surface area contributed by atoms with E-state index in [-0.39, 0.29) is 5.91 Å². The van der Waals surface area contributed by atoms with Crippen molar-refractivity contribution in [2.45, 2.75) is 18.6 Å². The summed E-state index contributed by atoms with van der Waals surface area (Å²) >= 11 is 0. The van der Waals surface area contributed by atoms with Gasteiger partial charge in [0.1, 0.15) is 0 Å². The van der Waals surface area contributed by atoms with Gasteiger partial charge in [-0.3, -0.25) is 4.79 Å². The molecule has 148 valence electrons. The van der Waals surface area contributed by atoms with Gasteiger partial charge in [0.05, 0.1) is 13.2 Å². The van der Waals surface area contributed by atoms with Crippen molar-refractivity contribution in [2.24, 2.45) is 0 Å². The van der Waals surface area contributed by atoms with Crippen LogP contribution in [-0.2, 0) is 9.47 Å². The maximum absolute atomic E-state index is 12.8. The minimum absolute atomic E-state index is 0.0138. The van der Waals surface area contributed by atoms with Crippen LogP contribution in [0.4, 0.5) is 0 Å². The molecule has 7 nitrogen and oxygen atoms in total. The Kier molecular flexibility index (Phi) is 4.61. The van der Waals surface area contributed by atoms with Gasteiger partial charge in [0.25, 0.3) is 11.8 Å². The van der Waals surface area contributed by atoms with Gasteiger partial charge in [-0.25, -0.2) is 0 Å². The molecule has 7 heteroatoms. The van der Waals surface area contributed by atoms with E-state index in [4.69, 9.17) is 14.0 Å². The fourth-order valence-electron chi connectivity index (χ4n) is 3.82. The molecule has 3 heterocycles. The summed E-state index contributed by atoms with van der Waals surface area (Å²) in [4.78, 5) is 19.1. The second-order valence-corrected chi connectivity index (χ2v) is 7.27. The molecular weight excluding hydrogens is 370 g/mol. The Morgan fingerprint density at radius 1 is 0.897 bits per heavy atom. The molecule has 2 aromatic carbocycles. The third-order valence-electron chi connectivity index (χ3n) is 5.46. The molecule has 0 N–H and O–H groups in total. The van der Waals surface area contributed by atoms with Gasteiger partial charge in [-0.15, -0.1) is 0 Å². The summed E-state index contributed by atoms with van der Waals surface area (Å²) in [6.07, 6.45) is 1.42. The molecule has 2 saturated heterocycles. The predicted molar refractivity (Wildman–Crippen MR) is 105 cm³/mol. The van der Waals surface area contributed by atoms with Crippen LogP contribution >= 0.6 is 0 Å². The number of aromatic nitrogens is 2. The van der Waals surface area contributed by atoms with Crippen molar-refractivity contribution < 1.29 is 18.8 Å². The van der Waals surface area contributed by atoms with E-state index in [1.807, 2.05) is 47.4 Å². The van der Waals surface area contributed by atoms with E-state index in [0.29, 0.717) is 56.4 Å². The first kappa shape index (κ1) is 18.0. The Bertz CT molecular complexity index is 984. The number of piperidine rings is 1. The van der Waals surface area contributed by atoms with Crippen LogP contribution < -0.4 is 0 Å². The summed E-state index contributed by atoms with van der Waals surface area (Å²) in [6, 6.07) is 16.9. The zero-order chi connectivity index (χ0) is 19.7. The summed E-state index contributed by atoms with van der Waals surface area (Å²) in [7, 11) is 0. The molecule has 0 aliphatic carbocycles. The molecular formula is C22H21N3O4. The third-order valence-corrected chi connectivity index (χ3v) is 5.46. The molecule has 2 aliphatic heterocycles. The molecule has 29 heavy (non-hydrogen) atoms. The maximum Gasteiger partial charge on any atom is 0.258 e. The lowest BCUT2D eigenvalue weighted by atomic mass is 10.0. The number of likely N-dealkylation sites (tertiary alicyclic amines) is 1. The van der Waals surface area contributed by atoms with E-state index < -0.39 is 5.79 Å². The molecule has 1 spiro atoms. The first-order valence-electron chi connectivity index (χ1n) is 9.79. The standard InChI is InChI=1S/C22H21N3O4/c26-21(25-12-10-22(11-13-25)27-14-15-28-22)18-8-6-17(7-9-18)20-23-19(24-29-20)16-4-2-1-3-5-16/h1-9H,10-15H2. The summed E-state index contributed by atoms with van der Waals surface area (Å²) in [5, 5.41) is 4.04. The highest BCUT2D eigenvalue weighted by Gasteiger charge is 2.40. The van der Waals surface area contributed by atoms with Gasteiger partial charge < -0.3 is 18.9 Å². The smallest absolute Gasteiger partial charge is 0.258 e. The van der Waals surface area contributed by atoms with Crippen LogP contribution in [0.3, 0.4) is 0 Å². The van der Waals surface area contributed by atoms with Crippen molar-refractivity contribution in [2.75, 3.05) is 26.3 Å². The molecule has 0 bridgehead atoms. The molecule has 0 unspecified atom stereocenters. The number of amides is 1. The SMILES string of the molecule is O=C(c1ccc(-c2nc(-c3ccccc3)no2)cc1)N1CCC2(CC1)OCCO2. The van der Waals surface area contributed by atoms with E-state index >= 15 is 0 Å². The minimum Gasteiger partial charge on any atom is -0.347 e. The van der Waals surface area contributed by atoms with Crippen LogP contribution in [0.2, 0.25) is 0 Å². The second-order valence-electron chi connectivity index (χ2n) is 7.27. The first-order chi connectivity index (χ1) is 14.2. The molecule has 0 radical (unpaired) electrons. The predicted octanol–water partition coefficient (Wildman–Crippen LogP) is 3.38. The van der Waals surface area contributed by atoms with Crippen LogP contribution in [0.5, 0.6) is 0 Å². The van der Waals surface area contributed by atoms with Gasteiger partial charge in [0.15, 0.2) is 5.79 Å². The van der Waals surface area contributed by atoms with Gasteiger partial charge in [-0.05, 0) is 24.3 Å². The van der Waals surface area contributed by atoms with Crippen LogP contribution in [-0.4, -0.2) is 53.0 Å². The van der Waals surface area contributed by atoms with Crippen LogP contribution in [0, 0.1) is 0 Å². The van der Waals surface area contributed by atoms with Gasteiger partial charge in [-0.2, -0.15) is 4.98 Å². The summed E-state index contributed by atoms with van der Waals surface area (Å²) in [6.45, 7) is 2.53. The zero-order valence-electron chi connectivity index (χ0n) is 15.9. The molecule has 3 aromatic rings. The molecule has 0 atom stereocenters.